The number of rotatable bonds is 5. The van der Waals surface area contributed by atoms with Crippen molar-refractivity contribution in [1.82, 2.24) is 0 Å². The van der Waals surface area contributed by atoms with Gasteiger partial charge in [-0.2, -0.15) is 0 Å². The SMILES string of the molecule is CCOc1ccc(SCc2cc(Br)cc(Br)c2)cc1C. The second-order valence-electron chi connectivity index (χ2n) is 4.43. The quantitative estimate of drug-likeness (QED) is 0.536. The molecule has 0 N–H and O–H groups in total. The van der Waals surface area contributed by atoms with E-state index < -0.39 is 0 Å². The summed E-state index contributed by atoms with van der Waals surface area (Å²) in [6, 6.07) is 12.7. The normalized spacial score (nSPS) is 10.6. The van der Waals surface area contributed by atoms with Gasteiger partial charge >= 0.3 is 0 Å². The summed E-state index contributed by atoms with van der Waals surface area (Å²) in [7, 11) is 0. The van der Waals surface area contributed by atoms with Crippen molar-refractivity contribution in [3.05, 3.63) is 56.5 Å². The number of aryl methyl sites for hydroxylation is 1. The van der Waals surface area contributed by atoms with Crippen molar-refractivity contribution in [3.63, 3.8) is 0 Å². The zero-order valence-corrected chi connectivity index (χ0v) is 15.4. The van der Waals surface area contributed by atoms with Gasteiger partial charge in [-0.3, -0.25) is 0 Å². The Hall–Kier alpha value is -0.450. The van der Waals surface area contributed by atoms with Crippen molar-refractivity contribution < 1.29 is 4.74 Å². The van der Waals surface area contributed by atoms with Crippen LogP contribution in [0.4, 0.5) is 0 Å². The molecule has 0 heterocycles. The second kappa shape index (κ2) is 7.53. The van der Waals surface area contributed by atoms with Gasteiger partial charge < -0.3 is 4.74 Å². The van der Waals surface area contributed by atoms with Gasteiger partial charge in [-0.25, -0.2) is 0 Å². The van der Waals surface area contributed by atoms with E-state index in [0.29, 0.717) is 6.61 Å². The molecular formula is C16H16Br2OS. The van der Waals surface area contributed by atoms with E-state index in [1.165, 1.54) is 16.0 Å². The number of thioether (sulfide) groups is 1. The Balaban J connectivity index is 2.05. The van der Waals surface area contributed by atoms with Crippen molar-refractivity contribution in [2.75, 3.05) is 6.61 Å². The van der Waals surface area contributed by atoms with E-state index in [0.717, 1.165) is 20.4 Å². The molecular weight excluding hydrogens is 400 g/mol. The Morgan fingerprint density at radius 3 is 2.35 bits per heavy atom. The third-order valence-electron chi connectivity index (χ3n) is 2.77. The maximum atomic E-state index is 5.56. The third kappa shape index (κ3) is 4.54. The summed E-state index contributed by atoms with van der Waals surface area (Å²) in [5, 5.41) is 0. The number of ether oxygens (including phenoxy) is 1. The predicted molar refractivity (Wildman–Crippen MR) is 93.8 cm³/mol. The van der Waals surface area contributed by atoms with Gasteiger partial charge in [0, 0.05) is 19.6 Å². The maximum absolute atomic E-state index is 5.56. The van der Waals surface area contributed by atoms with Crippen molar-refractivity contribution in [2.24, 2.45) is 0 Å². The molecule has 0 radical (unpaired) electrons. The fourth-order valence-corrected chi connectivity index (χ4v) is 4.20. The summed E-state index contributed by atoms with van der Waals surface area (Å²) >= 11 is 8.88. The molecule has 0 bridgehead atoms. The van der Waals surface area contributed by atoms with E-state index in [2.05, 4.69) is 75.2 Å². The zero-order chi connectivity index (χ0) is 14.5. The summed E-state index contributed by atoms with van der Waals surface area (Å²) in [6.45, 7) is 4.80. The van der Waals surface area contributed by atoms with Crippen LogP contribution in [0.15, 0.2) is 50.2 Å². The smallest absolute Gasteiger partial charge is 0.122 e. The molecule has 0 aromatic heterocycles. The topological polar surface area (TPSA) is 9.23 Å². The van der Waals surface area contributed by atoms with Gasteiger partial charge in [0.1, 0.15) is 5.75 Å². The van der Waals surface area contributed by atoms with Gasteiger partial charge in [0.25, 0.3) is 0 Å². The highest BCUT2D eigenvalue weighted by molar-refractivity contribution is 9.11. The summed E-state index contributed by atoms with van der Waals surface area (Å²) < 4.78 is 7.77. The molecule has 0 atom stereocenters. The van der Waals surface area contributed by atoms with Crippen LogP contribution in [0.5, 0.6) is 5.75 Å². The van der Waals surface area contributed by atoms with Gasteiger partial charge in [0.15, 0.2) is 0 Å². The maximum Gasteiger partial charge on any atom is 0.122 e. The van der Waals surface area contributed by atoms with Crippen LogP contribution in [-0.2, 0) is 5.75 Å². The molecule has 0 aliphatic carbocycles. The average Bonchev–Trinajstić information content (AvgIpc) is 2.38. The number of hydrogen-bond acceptors (Lipinski definition) is 2. The average molecular weight is 416 g/mol. The molecule has 0 unspecified atom stereocenters. The zero-order valence-electron chi connectivity index (χ0n) is 11.5. The Kier molecular flexibility index (Phi) is 6.00. The summed E-state index contributed by atoms with van der Waals surface area (Å²) in [4.78, 5) is 1.27. The lowest BCUT2D eigenvalue weighted by Crippen LogP contribution is -1.93. The van der Waals surface area contributed by atoms with Crippen LogP contribution in [0.25, 0.3) is 0 Å². The van der Waals surface area contributed by atoms with Gasteiger partial charge in [0.05, 0.1) is 6.61 Å². The lowest BCUT2D eigenvalue weighted by atomic mass is 10.2. The minimum Gasteiger partial charge on any atom is -0.494 e. The molecule has 0 amide bonds. The Labute approximate surface area is 141 Å². The van der Waals surface area contributed by atoms with Crippen LogP contribution in [0.1, 0.15) is 18.1 Å². The minimum absolute atomic E-state index is 0.708. The first-order valence-electron chi connectivity index (χ1n) is 6.39. The largest absolute Gasteiger partial charge is 0.494 e. The fraction of sp³-hybridized carbons (Fsp3) is 0.250. The van der Waals surface area contributed by atoms with E-state index in [-0.39, 0.29) is 0 Å². The Bertz CT molecular complexity index is 579. The van der Waals surface area contributed by atoms with Gasteiger partial charge in [-0.05, 0) is 61.4 Å². The van der Waals surface area contributed by atoms with E-state index in [4.69, 9.17) is 4.74 Å². The van der Waals surface area contributed by atoms with Crippen molar-refractivity contribution >= 4 is 43.6 Å². The molecule has 2 aromatic carbocycles. The molecule has 0 aliphatic heterocycles. The van der Waals surface area contributed by atoms with Gasteiger partial charge in [-0.1, -0.05) is 31.9 Å². The first-order chi connectivity index (χ1) is 9.58. The van der Waals surface area contributed by atoms with E-state index in [9.17, 15) is 0 Å². The van der Waals surface area contributed by atoms with Crippen molar-refractivity contribution in [3.8, 4) is 5.75 Å². The monoisotopic (exact) mass is 414 g/mol. The number of benzene rings is 2. The van der Waals surface area contributed by atoms with Crippen LogP contribution in [0.3, 0.4) is 0 Å². The highest BCUT2D eigenvalue weighted by Crippen LogP contribution is 2.29. The Morgan fingerprint density at radius 1 is 1.05 bits per heavy atom. The minimum atomic E-state index is 0.708. The molecule has 0 saturated heterocycles. The van der Waals surface area contributed by atoms with Crippen LogP contribution >= 0.6 is 43.6 Å². The molecule has 0 aliphatic rings. The molecule has 4 heteroatoms. The molecule has 2 rings (SSSR count). The third-order valence-corrected chi connectivity index (χ3v) is 4.75. The van der Waals surface area contributed by atoms with E-state index in [1.54, 1.807) is 0 Å². The molecule has 0 spiro atoms. The fourth-order valence-electron chi connectivity index (χ4n) is 1.89. The van der Waals surface area contributed by atoms with Crippen molar-refractivity contribution in [1.29, 1.82) is 0 Å². The van der Waals surface area contributed by atoms with Crippen molar-refractivity contribution in [2.45, 2.75) is 24.5 Å². The van der Waals surface area contributed by atoms with Crippen LogP contribution in [-0.4, -0.2) is 6.61 Å². The first-order valence-corrected chi connectivity index (χ1v) is 8.97. The highest BCUT2D eigenvalue weighted by atomic mass is 79.9. The summed E-state index contributed by atoms with van der Waals surface area (Å²) in [6.07, 6.45) is 0. The summed E-state index contributed by atoms with van der Waals surface area (Å²) in [5.74, 6) is 1.92. The molecule has 0 fully saturated rings. The molecule has 2 aromatic rings. The first kappa shape index (κ1) is 15.9. The number of halogens is 2. The lowest BCUT2D eigenvalue weighted by molar-refractivity contribution is 0.337. The molecule has 106 valence electrons. The lowest BCUT2D eigenvalue weighted by Gasteiger charge is -2.09. The van der Waals surface area contributed by atoms with Gasteiger partial charge in [-0.15, -0.1) is 11.8 Å². The standard InChI is InChI=1S/C16H16Br2OS/c1-3-19-16-5-4-15(6-11(16)2)20-10-12-7-13(17)9-14(18)8-12/h4-9H,3,10H2,1-2H3. The second-order valence-corrected chi connectivity index (χ2v) is 7.31. The van der Waals surface area contributed by atoms with Crippen LogP contribution in [0.2, 0.25) is 0 Å². The predicted octanol–water partition coefficient (Wildman–Crippen LogP) is 6.21. The summed E-state index contributed by atoms with van der Waals surface area (Å²) in [5.41, 5.74) is 2.48. The van der Waals surface area contributed by atoms with E-state index in [1.807, 2.05) is 18.7 Å². The van der Waals surface area contributed by atoms with Gasteiger partial charge in [0.2, 0.25) is 0 Å². The highest BCUT2D eigenvalue weighted by Gasteiger charge is 2.03. The van der Waals surface area contributed by atoms with Crippen LogP contribution in [0, 0.1) is 6.92 Å². The van der Waals surface area contributed by atoms with Crippen LogP contribution < -0.4 is 4.74 Å². The Morgan fingerprint density at radius 2 is 1.75 bits per heavy atom. The van der Waals surface area contributed by atoms with E-state index >= 15 is 0 Å². The molecule has 0 saturated carbocycles. The number of hydrogen-bond donors (Lipinski definition) is 0. The molecule has 20 heavy (non-hydrogen) atoms. The molecule has 1 nitrogen and oxygen atoms in total.